The maximum absolute atomic E-state index is 13.1. The van der Waals surface area contributed by atoms with Crippen molar-refractivity contribution in [2.45, 2.75) is 26.3 Å². The van der Waals surface area contributed by atoms with E-state index in [1.807, 2.05) is 24.3 Å². The number of nitrogens with zero attached hydrogens (tertiary/aromatic N) is 3. The van der Waals surface area contributed by atoms with E-state index in [4.69, 9.17) is 0 Å². The Balaban J connectivity index is 1.21. The lowest BCUT2D eigenvalue weighted by atomic mass is 9.80. The number of anilines is 2. The molecule has 2 heterocycles. The van der Waals surface area contributed by atoms with Gasteiger partial charge in [-0.2, -0.15) is 0 Å². The van der Waals surface area contributed by atoms with Gasteiger partial charge >= 0.3 is 0 Å². The van der Waals surface area contributed by atoms with Gasteiger partial charge in [-0.1, -0.05) is 37.3 Å². The van der Waals surface area contributed by atoms with Crippen molar-refractivity contribution in [2.75, 3.05) is 43.0 Å². The maximum atomic E-state index is 13.1. The van der Waals surface area contributed by atoms with Crippen LogP contribution in [-0.4, -0.2) is 60.2 Å². The molecule has 3 amide bonds. The summed E-state index contributed by atoms with van der Waals surface area (Å²) in [6.07, 6.45) is 5.04. The molecular formula is C28H33N5O3. The predicted molar refractivity (Wildman–Crippen MR) is 139 cm³/mol. The number of nitrogens with one attached hydrogen (secondary N) is 2. The van der Waals surface area contributed by atoms with Gasteiger partial charge in [0.1, 0.15) is 0 Å². The zero-order valence-corrected chi connectivity index (χ0v) is 20.7. The Labute approximate surface area is 211 Å². The van der Waals surface area contributed by atoms with Crippen LogP contribution in [-0.2, 0) is 16.1 Å². The number of hydrogen-bond acceptors (Lipinski definition) is 5. The molecule has 2 unspecified atom stereocenters. The standard InChI is InChI=1S/C28H33N5O3/c1-2-31-14-16-32(17-15-31)19-20-10-12-22(13-11-20)29-26(34)21-6-5-7-23(18-21)33-28(36)25-9-4-3-8-24(25)27(35)30-33/h3-7,10-13,18,24-25H,2,8-9,14-17,19H2,1H3,(H,29,34)(H,30,35). The third-order valence-corrected chi connectivity index (χ3v) is 7.43. The predicted octanol–water partition coefficient (Wildman–Crippen LogP) is 3.04. The zero-order valence-electron chi connectivity index (χ0n) is 20.7. The summed E-state index contributed by atoms with van der Waals surface area (Å²) in [5, 5.41) is 4.23. The minimum Gasteiger partial charge on any atom is -0.322 e. The molecule has 2 atom stereocenters. The molecule has 0 radical (unpaired) electrons. The largest absolute Gasteiger partial charge is 0.322 e. The summed E-state index contributed by atoms with van der Waals surface area (Å²) in [4.78, 5) is 43.5. The van der Waals surface area contributed by atoms with Crippen LogP contribution in [0.3, 0.4) is 0 Å². The lowest BCUT2D eigenvalue weighted by Crippen LogP contribution is -2.59. The highest BCUT2D eigenvalue weighted by molar-refractivity contribution is 6.07. The molecular weight excluding hydrogens is 454 g/mol. The number of carbonyl (C=O) groups is 3. The number of benzene rings is 2. The van der Waals surface area contributed by atoms with Crippen molar-refractivity contribution in [1.29, 1.82) is 0 Å². The number of fused-ring (bicyclic) bond motifs is 1. The van der Waals surface area contributed by atoms with Crippen molar-refractivity contribution in [1.82, 2.24) is 15.2 Å². The van der Waals surface area contributed by atoms with E-state index in [0.717, 1.165) is 39.3 Å². The monoisotopic (exact) mass is 487 g/mol. The van der Waals surface area contributed by atoms with Crippen LogP contribution in [0.4, 0.5) is 11.4 Å². The average Bonchev–Trinajstić information content (AvgIpc) is 2.92. The van der Waals surface area contributed by atoms with Gasteiger partial charge < -0.3 is 10.2 Å². The molecule has 2 aromatic carbocycles. The van der Waals surface area contributed by atoms with E-state index in [1.165, 1.54) is 10.6 Å². The van der Waals surface area contributed by atoms with E-state index in [2.05, 4.69) is 39.6 Å². The zero-order chi connectivity index (χ0) is 25.1. The van der Waals surface area contributed by atoms with Crippen LogP contribution in [0.25, 0.3) is 0 Å². The fraction of sp³-hybridized carbons (Fsp3) is 0.393. The molecule has 0 aromatic heterocycles. The molecule has 2 fully saturated rings. The molecule has 0 saturated carbocycles. The lowest BCUT2D eigenvalue weighted by molar-refractivity contribution is -0.139. The summed E-state index contributed by atoms with van der Waals surface area (Å²) >= 11 is 0. The Hall–Kier alpha value is -3.49. The van der Waals surface area contributed by atoms with E-state index in [-0.39, 0.29) is 29.6 Å². The third-order valence-electron chi connectivity index (χ3n) is 7.43. The number of hydrogen-bond donors (Lipinski definition) is 2. The van der Waals surface area contributed by atoms with Crippen LogP contribution in [0.2, 0.25) is 0 Å². The van der Waals surface area contributed by atoms with Gasteiger partial charge in [-0.25, -0.2) is 5.01 Å². The number of allylic oxidation sites excluding steroid dienone is 2. The van der Waals surface area contributed by atoms with Crippen molar-refractivity contribution < 1.29 is 14.4 Å². The molecule has 1 aliphatic carbocycles. The molecule has 3 aliphatic rings. The first-order valence-corrected chi connectivity index (χ1v) is 12.8. The Bertz CT molecular complexity index is 1150. The summed E-state index contributed by atoms with van der Waals surface area (Å²) in [5.74, 6) is -1.27. The van der Waals surface area contributed by atoms with Crippen molar-refractivity contribution in [3.63, 3.8) is 0 Å². The van der Waals surface area contributed by atoms with Crippen LogP contribution in [0.1, 0.15) is 35.7 Å². The molecule has 2 aliphatic heterocycles. The van der Waals surface area contributed by atoms with Crippen LogP contribution >= 0.6 is 0 Å². The first kappa shape index (κ1) is 24.2. The second-order valence-electron chi connectivity index (χ2n) is 9.72. The van der Waals surface area contributed by atoms with Gasteiger partial charge in [0, 0.05) is 44.0 Å². The lowest BCUT2D eigenvalue weighted by Gasteiger charge is -2.38. The van der Waals surface area contributed by atoms with Crippen molar-refractivity contribution in [3.05, 3.63) is 71.8 Å². The van der Waals surface area contributed by atoms with E-state index < -0.39 is 0 Å². The van der Waals surface area contributed by atoms with Gasteiger partial charge in [0.05, 0.1) is 17.5 Å². The fourth-order valence-electron chi connectivity index (χ4n) is 5.19. The van der Waals surface area contributed by atoms with Crippen molar-refractivity contribution >= 4 is 29.1 Å². The van der Waals surface area contributed by atoms with Crippen molar-refractivity contribution in [3.8, 4) is 0 Å². The second kappa shape index (κ2) is 10.6. The highest BCUT2D eigenvalue weighted by Gasteiger charge is 2.42. The van der Waals surface area contributed by atoms with Gasteiger partial charge in [0.25, 0.3) is 5.91 Å². The van der Waals surface area contributed by atoms with Crippen molar-refractivity contribution in [2.24, 2.45) is 11.8 Å². The molecule has 5 rings (SSSR count). The first-order chi connectivity index (χ1) is 17.5. The molecule has 0 bridgehead atoms. The molecule has 2 saturated heterocycles. The van der Waals surface area contributed by atoms with Gasteiger partial charge in [-0.15, -0.1) is 0 Å². The van der Waals surface area contributed by atoms with E-state index in [1.54, 1.807) is 24.3 Å². The Kier molecular flexibility index (Phi) is 7.16. The SMILES string of the molecule is CCN1CCN(Cc2ccc(NC(=O)c3cccc(N4NC(=O)C5CC=CCC5C4=O)c3)cc2)CC1. The summed E-state index contributed by atoms with van der Waals surface area (Å²) in [6.45, 7) is 8.56. The molecule has 2 aromatic rings. The molecule has 2 N–H and O–H groups in total. The van der Waals surface area contributed by atoms with Crippen LogP contribution in [0.15, 0.2) is 60.7 Å². The van der Waals surface area contributed by atoms with Crippen LogP contribution in [0.5, 0.6) is 0 Å². The van der Waals surface area contributed by atoms with E-state index in [9.17, 15) is 14.4 Å². The normalized spacial score (nSPS) is 22.8. The van der Waals surface area contributed by atoms with Gasteiger partial charge in [-0.05, 0) is 55.3 Å². The third kappa shape index (κ3) is 5.20. The number of piperazine rings is 1. The molecule has 36 heavy (non-hydrogen) atoms. The molecule has 8 heteroatoms. The quantitative estimate of drug-likeness (QED) is 0.612. The summed E-state index contributed by atoms with van der Waals surface area (Å²) in [6, 6.07) is 14.7. The van der Waals surface area contributed by atoms with Gasteiger partial charge in [0.2, 0.25) is 11.8 Å². The fourth-order valence-corrected chi connectivity index (χ4v) is 5.19. The topological polar surface area (TPSA) is 85.0 Å². The summed E-state index contributed by atoms with van der Waals surface area (Å²) in [7, 11) is 0. The minimum atomic E-state index is -0.365. The van der Waals surface area contributed by atoms with E-state index >= 15 is 0 Å². The Morgan fingerprint density at radius 1 is 0.944 bits per heavy atom. The number of rotatable bonds is 6. The Morgan fingerprint density at radius 2 is 1.64 bits per heavy atom. The average molecular weight is 488 g/mol. The molecule has 0 spiro atoms. The Morgan fingerprint density at radius 3 is 2.36 bits per heavy atom. The highest BCUT2D eigenvalue weighted by Crippen LogP contribution is 2.32. The number of amides is 3. The number of likely N-dealkylation sites (N-methyl/N-ethyl adjacent to an activating group) is 1. The number of carbonyl (C=O) groups excluding carboxylic acids is 3. The van der Waals surface area contributed by atoms with Gasteiger partial charge in [0.15, 0.2) is 0 Å². The summed E-state index contributed by atoms with van der Waals surface area (Å²) in [5.41, 5.74) is 5.54. The second-order valence-corrected chi connectivity index (χ2v) is 9.72. The van der Waals surface area contributed by atoms with Gasteiger partial charge in [-0.3, -0.25) is 24.7 Å². The molecule has 8 nitrogen and oxygen atoms in total. The van der Waals surface area contributed by atoms with Crippen LogP contribution in [0, 0.1) is 11.8 Å². The maximum Gasteiger partial charge on any atom is 0.255 e. The summed E-state index contributed by atoms with van der Waals surface area (Å²) < 4.78 is 0. The first-order valence-electron chi connectivity index (χ1n) is 12.8. The minimum absolute atomic E-state index is 0.145. The van der Waals surface area contributed by atoms with Crippen LogP contribution < -0.4 is 15.8 Å². The smallest absolute Gasteiger partial charge is 0.255 e. The number of hydrazine groups is 1. The molecule has 188 valence electrons. The highest BCUT2D eigenvalue weighted by atomic mass is 16.2. The van der Waals surface area contributed by atoms with E-state index in [0.29, 0.717) is 29.8 Å².